The molecule has 0 saturated carbocycles. The molecule has 6 heteroatoms. The number of benzene rings is 2. The Labute approximate surface area is 149 Å². The normalized spacial score (nSPS) is 18.9. The summed E-state index contributed by atoms with van der Waals surface area (Å²) in [5.41, 5.74) is 3.66. The molecule has 1 N–H and O–H groups in total. The van der Waals surface area contributed by atoms with Crippen LogP contribution in [0.5, 0.6) is 0 Å². The number of H-pyrrole nitrogens is 1. The molecule has 132 valence electrons. The van der Waals surface area contributed by atoms with Gasteiger partial charge in [-0.05, 0) is 23.8 Å². The molecule has 1 spiro atoms. The van der Waals surface area contributed by atoms with Crippen molar-refractivity contribution in [2.45, 2.75) is 24.9 Å². The van der Waals surface area contributed by atoms with E-state index in [1.165, 1.54) is 6.07 Å². The molecule has 26 heavy (non-hydrogen) atoms. The molecule has 3 aromatic rings. The van der Waals surface area contributed by atoms with Crippen molar-refractivity contribution in [1.29, 1.82) is 0 Å². The average Bonchev–Trinajstić information content (AvgIpc) is 3.26. The summed E-state index contributed by atoms with van der Waals surface area (Å²) in [5, 5.41) is 4.28. The number of aromatic nitrogens is 2. The molecule has 2 aliphatic heterocycles. The number of hydrogen-bond acceptors (Lipinski definition) is 4. The average molecular weight is 351 g/mol. The minimum atomic E-state index is -0.245. The number of imidazole rings is 1. The van der Waals surface area contributed by atoms with E-state index >= 15 is 0 Å². The third-order valence-corrected chi connectivity index (χ3v) is 5.18. The summed E-state index contributed by atoms with van der Waals surface area (Å²) in [4.78, 5) is 13.7. The van der Waals surface area contributed by atoms with E-state index < -0.39 is 0 Å². The van der Waals surface area contributed by atoms with E-state index in [0.29, 0.717) is 24.6 Å². The Morgan fingerprint density at radius 2 is 1.92 bits per heavy atom. The first-order valence-corrected chi connectivity index (χ1v) is 8.80. The summed E-state index contributed by atoms with van der Waals surface area (Å²) in [6.45, 7) is 1.41. The van der Waals surface area contributed by atoms with Gasteiger partial charge >= 0.3 is 0 Å². The highest BCUT2D eigenvalue weighted by Gasteiger charge is 2.41. The summed E-state index contributed by atoms with van der Waals surface area (Å²) in [6.07, 6.45) is 2.42. The fourth-order valence-corrected chi connectivity index (χ4v) is 3.67. The summed E-state index contributed by atoms with van der Waals surface area (Å²) in [5.74, 6) is 0.482. The third kappa shape index (κ3) is 2.57. The number of fused-ring (bicyclic) bond motifs is 1. The van der Waals surface area contributed by atoms with Crippen LogP contribution in [0.3, 0.4) is 0 Å². The maximum Gasteiger partial charge on any atom is 0.156 e. The number of nitrogens with zero attached hydrogens (tertiary/aromatic N) is 2. The van der Waals surface area contributed by atoms with Crippen LogP contribution in [0.1, 0.15) is 25.1 Å². The molecule has 0 atom stereocenters. The summed E-state index contributed by atoms with van der Waals surface area (Å²) < 4.78 is 19.5. The standard InChI is InChI=1S/C20H18FN3O2/c21-15-4-2-1-3-14(15)13-5-6-16-17(11-13)23-19(22-16)18-12-20(26-24-18)7-9-25-10-8-20/h1-6,11H,7-10,12H2,(H,22,23). The second-order valence-corrected chi connectivity index (χ2v) is 6.90. The van der Waals surface area contributed by atoms with Gasteiger partial charge in [0.15, 0.2) is 5.82 Å². The van der Waals surface area contributed by atoms with Crippen LogP contribution >= 0.6 is 0 Å². The fourth-order valence-electron chi connectivity index (χ4n) is 3.67. The first kappa shape index (κ1) is 15.5. The molecule has 0 bridgehead atoms. The Morgan fingerprint density at radius 1 is 1.08 bits per heavy atom. The first-order chi connectivity index (χ1) is 12.7. The van der Waals surface area contributed by atoms with Crippen molar-refractivity contribution in [3.63, 3.8) is 0 Å². The number of aromatic amines is 1. The molecule has 5 rings (SSSR count). The van der Waals surface area contributed by atoms with Gasteiger partial charge in [0.2, 0.25) is 0 Å². The van der Waals surface area contributed by atoms with Gasteiger partial charge in [0, 0.05) is 24.8 Å². The SMILES string of the molecule is Fc1ccccc1-c1ccc2nc(C3=NOC4(CCOCC4)C3)[nH]c2c1. The van der Waals surface area contributed by atoms with Crippen molar-refractivity contribution in [3.8, 4) is 11.1 Å². The molecule has 1 fully saturated rings. The minimum Gasteiger partial charge on any atom is -0.388 e. The van der Waals surface area contributed by atoms with Crippen molar-refractivity contribution in [2.75, 3.05) is 13.2 Å². The van der Waals surface area contributed by atoms with E-state index in [1.807, 2.05) is 24.3 Å². The van der Waals surface area contributed by atoms with Gasteiger partial charge in [-0.25, -0.2) is 9.37 Å². The van der Waals surface area contributed by atoms with Gasteiger partial charge in [-0.15, -0.1) is 0 Å². The van der Waals surface area contributed by atoms with Crippen LogP contribution < -0.4 is 0 Å². The Kier molecular flexibility index (Phi) is 3.53. The maximum absolute atomic E-state index is 14.1. The molecule has 0 amide bonds. The van der Waals surface area contributed by atoms with E-state index in [4.69, 9.17) is 9.57 Å². The predicted molar refractivity (Wildman–Crippen MR) is 96.5 cm³/mol. The zero-order chi connectivity index (χ0) is 17.6. The van der Waals surface area contributed by atoms with E-state index in [1.54, 1.807) is 12.1 Å². The van der Waals surface area contributed by atoms with Crippen molar-refractivity contribution in [3.05, 3.63) is 54.1 Å². The molecular formula is C20H18FN3O2. The van der Waals surface area contributed by atoms with Crippen LogP contribution in [0.15, 0.2) is 47.6 Å². The van der Waals surface area contributed by atoms with Gasteiger partial charge in [-0.3, -0.25) is 0 Å². The van der Waals surface area contributed by atoms with E-state index in [9.17, 15) is 4.39 Å². The van der Waals surface area contributed by atoms with Crippen LogP contribution in [-0.4, -0.2) is 34.5 Å². The summed E-state index contributed by atoms with van der Waals surface area (Å²) in [6, 6.07) is 12.5. The molecule has 0 aliphatic carbocycles. The largest absolute Gasteiger partial charge is 0.388 e. The molecule has 2 aliphatic rings. The lowest BCUT2D eigenvalue weighted by Crippen LogP contribution is -2.36. The van der Waals surface area contributed by atoms with Crippen LogP contribution in [0.4, 0.5) is 4.39 Å². The fraction of sp³-hybridized carbons (Fsp3) is 0.300. The summed E-state index contributed by atoms with van der Waals surface area (Å²) >= 11 is 0. The minimum absolute atomic E-state index is 0.235. The number of rotatable bonds is 2. The monoisotopic (exact) mass is 351 g/mol. The Bertz CT molecular complexity index is 1010. The number of halogens is 1. The lowest BCUT2D eigenvalue weighted by Gasteiger charge is -2.30. The van der Waals surface area contributed by atoms with Crippen LogP contribution in [0.25, 0.3) is 22.2 Å². The number of hydrogen-bond donors (Lipinski definition) is 1. The zero-order valence-corrected chi connectivity index (χ0v) is 14.2. The first-order valence-electron chi connectivity index (χ1n) is 8.80. The van der Waals surface area contributed by atoms with Crippen LogP contribution in [0, 0.1) is 5.82 Å². The molecule has 5 nitrogen and oxygen atoms in total. The van der Waals surface area contributed by atoms with Gasteiger partial charge in [0.1, 0.15) is 17.1 Å². The van der Waals surface area contributed by atoms with E-state index in [2.05, 4.69) is 15.1 Å². The topological polar surface area (TPSA) is 59.5 Å². The highest BCUT2D eigenvalue weighted by Crippen LogP contribution is 2.35. The molecule has 3 heterocycles. The summed E-state index contributed by atoms with van der Waals surface area (Å²) in [7, 11) is 0. The van der Waals surface area contributed by atoms with Crippen LogP contribution in [-0.2, 0) is 9.57 Å². The second-order valence-electron chi connectivity index (χ2n) is 6.90. The van der Waals surface area contributed by atoms with Gasteiger partial charge < -0.3 is 14.6 Å². The van der Waals surface area contributed by atoms with Crippen molar-refractivity contribution >= 4 is 16.7 Å². The van der Waals surface area contributed by atoms with Gasteiger partial charge in [-0.2, -0.15) is 0 Å². The predicted octanol–water partition coefficient (Wildman–Crippen LogP) is 4.04. The van der Waals surface area contributed by atoms with Crippen molar-refractivity contribution in [1.82, 2.24) is 9.97 Å². The van der Waals surface area contributed by atoms with E-state index in [0.717, 1.165) is 41.6 Å². The smallest absolute Gasteiger partial charge is 0.156 e. The van der Waals surface area contributed by atoms with Crippen LogP contribution in [0.2, 0.25) is 0 Å². The van der Waals surface area contributed by atoms with Crippen molar-refractivity contribution < 1.29 is 14.0 Å². The van der Waals surface area contributed by atoms with Gasteiger partial charge in [0.25, 0.3) is 0 Å². The molecule has 2 aromatic carbocycles. The Hall–Kier alpha value is -2.73. The van der Waals surface area contributed by atoms with E-state index in [-0.39, 0.29) is 11.4 Å². The highest BCUT2D eigenvalue weighted by molar-refractivity contribution is 6.01. The number of nitrogens with one attached hydrogen (secondary N) is 1. The Balaban J connectivity index is 1.46. The molecule has 0 radical (unpaired) electrons. The molecule has 1 saturated heterocycles. The third-order valence-electron chi connectivity index (χ3n) is 5.18. The van der Waals surface area contributed by atoms with Gasteiger partial charge in [-0.1, -0.05) is 29.4 Å². The number of ether oxygens (including phenoxy) is 1. The quantitative estimate of drug-likeness (QED) is 0.758. The molecule has 0 unspecified atom stereocenters. The highest BCUT2D eigenvalue weighted by atomic mass is 19.1. The number of oxime groups is 1. The Morgan fingerprint density at radius 3 is 2.77 bits per heavy atom. The lowest BCUT2D eigenvalue weighted by molar-refractivity contribution is -0.0919. The zero-order valence-electron chi connectivity index (χ0n) is 14.2. The maximum atomic E-state index is 14.1. The van der Waals surface area contributed by atoms with Crippen molar-refractivity contribution in [2.24, 2.45) is 5.16 Å². The lowest BCUT2D eigenvalue weighted by atomic mass is 9.89. The molecular weight excluding hydrogens is 333 g/mol. The second kappa shape index (κ2) is 5.92. The van der Waals surface area contributed by atoms with Gasteiger partial charge in [0.05, 0.1) is 24.2 Å². The molecule has 1 aromatic heterocycles.